The van der Waals surface area contributed by atoms with Gasteiger partial charge in [0.2, 0.25) is 10.0 Å². The molecule has 96 valence electrons. The van der Waals surface area contributed by atoms with Gasteiger partial charge in [-0.2, -0.15) is 0 Å². The van der Waals surface area contributed by atoms with Gasteiger partial charge >= 0.3 is 0 Å². The van der Waals surface area contributed by atoms with Crippen LogP contribution < -0.4 is 10.5 Å². The molecule has 0 aromatic heterocycles. The van der Waals surface area contributed by atoms with Gasteiger partial charge in [0.25, 0.3) is 5.91 Å². The standard InChI is InChI=1S/C11H18N2O3S/c1-2-3-4-8-7-11(8,12)10(14)13-17(15,16)9-5-6-9/h3-4,8-9H,2,5-7,12H2,1H3,(H,13,14). The van der Waals surface area contributed by atoms with Crippen molar-refractivity contribution in [3.05, 3.63) is 12.2 Å². The molecule has 0 aromatic rings. The van der Waals surface area contributed by atoms with Crippen LogP contribution in [0, 0.1) is 5.92 Å². The van der Waals surface area contributed by atoms with Crippen LogP contribution in [0.1, 0.15) is 32.6 Å². The largest absolute Gasteiger partial charge is 0.317 e. The molecule has 5 nitrogen and oxygen atoms in total. The number of sulfonamides is 1. The van der Waals surface area contributed by atoms with Gasteiger partial charge in [0.05, 0.1) is 5.25 Å². The van der Waals surface area contributed by atoms with Gasteiger partial charge in [-0.3, -0.25) is 9.52 Å². The Hall–Kier alpha value is -0.880. The maximum Gasteiger partial charge on any atom is 0.254 e. The van der Waals surface area contributed by atoms with E-state index in [0.29, 0.717) is 19.3 Å². The third-order valence-electron chi connectivity index (χ3n) is 3.28. The summed E-state index contributed by atoms with van der Waals surface area (Å²) in [6.45, 7) is 1.99. The van der Waals surface area contributed by atoms with Crippen LogP contribution in [0.4, 0.5) is 0 Å². The zero-order valence-electron chi connectivity index (χ0n) is 9.85. The number of nitrogens with two attached hydrogens (primary N) is 1. The van der Waals surface area contributed by atoms with Gasteiger partial charge < -0.3 is 5.73 Å². The van der Waals surface area contributed by atoms with Crippen molar-refractivity contribution in [2.24, 2.45) is 11.7 Å². The smallest absolute Gasteiger partial charge is 0.254 e. The van der Waals surface area contributed by atoms with Crippen LogP contribution in [0.15, 0.2) is 12.2 Å². The maximum absolute atomic E-state index is 11.8. The topological polar surface area (TPSA) is 89.3 Å². The first kappa shape index (κ1) is 12.6. The molecule has 2 aliphatic carbocycles. The third kappa shape index (κ3) is 2.52. The number of rotatable bonds is 5. The second-order valence-corrected chi connectivity index (χ2v) is 6.82. The van der Waals surface area contributed by atoms with Crippen LogP contribution in [-0.2, 0) is 14.8 Å². The van der Waals surface area contributed by atoms with Gasteiger partial charge in [-0.15, -0.1) is 0 Å². The van der Waals surface area contributed by atoms with Gasteiger partial charge in [-0.05, 0) is 25.7 Å². The summed E-state index contributed by atoms with van der Waals surface area (Å²) >= 11 is 0. The number of amides is 1. The summed E-state index contributed by atoms with van der Waals surface area (Å²) in [5, 5.41) is -0.390. The van der Waals surface area contributed by atoms with Crippen molar-refractivity contribution in [2.45, 2.75) is 43.4 Å². The molecule has 2 unspecified atom stereocenters. The lowest BCUT2D eigenvalue weighted by Gasteiger charge is -2.11. The molecule has 2 fully saturated rings. The summed E-state index contributed by atoms with van der Waals surface area (Å²) in [4.78, 5) is 11.8. The lowest BCUT2D eigenvalue weighted by molar-refractivity contribution is -0.121. The van der Waals surface area contributed by atoms with Crippen molar-refractivity contribution in [1.29, 1.82) is 0 Å². The van der Waals surface area contributed by atoms with Crippen LogP contribution in [0.3, 0.4) is 0 Å². The molecule has 2 atom stereocenters. The van der Waals surface area contributed by atoms with E-state index < -0.39 is 26.7 Å². The Labute approximate surface area is 101 Å². The highest BCUT2D eigenvalue weighted by Crippen LogP contribution is 2.42. The zero-order valence-corrected chi connectivity index (χ0v) is 10.7. The second-order valence-electron chi connectivity index (χ2n) is 4.86. The lowest BCUT2D eigenvalue weighted by Crippen LogP contribution is -2.47. The fraction of sp³-hybridized carbons (Fsp3) is 0.727. The Morgan fingerprint density at radius 3 is 2.71 bits per heavy atom. The van der Waals surface area contributed by atoms with Gasteiger partial charge in [-0.25, -0.2) is 8.42 Å². The molecule has 2 saturated carbocycles. The average molecular weight is 258 g/mol. The highest BCUT2D eigenvalue weighted by molar-refractivity contribution is 7.90. The first-order valence-corrected chi connectivity index (χ1v) is 7.46. The molecule has 3 N–H and O–H groups in total. The Morgan fingerprint density at radius 1 is 1.53 bits per heavy atom. The molecule has 0 aliphatic heterocycles. The van der Waals surface area contributed by atoms with Crippen molar-refractivity contribution in [3.63, 3.8) is 0 Å². The SMILES string of the molecule is CCC=CC1CC1(N)C(=O)NS(=O)(=O)C1CC1. The van der Waals surface area contributed by atoms with E-state index in [0.717, 1.165) is 6.42 Å². The Balaban J connectivity index is 1.95. The van der Waals surface area contributed by atoms with E-state index in [1.165, 1.54) is 0 Å². The minimum atomic E-state index is -3.48. The van der Waals surface area contributed by atoms with Gasteiger partial charge in [0.1, 0.15) is 5.54 Å². The number of hydrogen-bond donors (Lipinski definition) is 2. The second kappa shape index (κ2) is 4.10. The zero-order chi connectivity index (χ0) is 12.7. The van der Waals surface area contributed by atoms with Crippen LogP contribution in [0.25, 0.3) is 0 Å². The fourth-order valence-electron chi connectivity index (χ4n) is 1.79. The average Bonchev–Trinajstić information content (AvgIpc) is 3.09. The number of nitrogens with one attached hydrogen (secondary N) is 1. The molecule has 17 heavy (non-hydrogen) atoms. The van der Waals surface area contributed by atoms with Crippen LogP contribution in [0.5, 0.6) is 0 Å². The van der Waals surface area contributed by atoms with E-state index >= 15 is 0 Å². The summed E-state index contributed by atoms with van der Waals surface area (Å²) in [7, 11) is -3.48. The minimum absolute atomic E-state index is 0.0307. The van der Waals surface area contributed by atoms with Crippen LogP contribution in [-0.4, -0.2) is 25.1 Å². The molecular formula is C11H18N2O3S. The van der Waals surface area contributed by atoms with Crippen LogP contribution in [0.2, 0.25) is 0 Å². The summed E-state index contributed by atoms with van der Waals surface area (Å²) in [6, 6.07) is 0. The van der Waals surface area contributed by atoms with E-state index in [1.807, 2.05) is 19.1 Å². The molecular weight excluding hydrogens is 240 g/mol. The number of hydrogen-bond acceptors (Lipinski definition) is 4. The molecule has 0 spiro atoms. The molecule has 0 bridgehead atoms. The van der Waals surface area contributed by atoms with Crippen molar-refractivity contribution in [3.8, 4) is 0 Å². The number of carbonyl (C=O) groups excluding carboxylic acids is 1. The monoisotopic (exact) mass is 258 g/mol. The molecule has 0 radical (unpaired) electrons. The lowest BCUT2D eigenvalue weighted by atomic mass is 10.2. The fourth-order valence-corrected chi connectivity index (χ4v) is 3.16. The Morgan fingerprint density at radius 2 is 2.18 bits per heavy atom. The molecule has 0 aromatic carbocycles. The minimum Gasteiger partial charge on any atom is -0.317 e. The Bertz CT molecular complexity index is 453. The predicted molar refractivity (Wildman–Crippen MR) is 64.5 cm³/mol. The summed E-state index contributed by atoms with van der Waals surface area (Å²) < 4.78 is 25.3. The Kier molecular flexibility index (Phi) is 3.03. The molecule has 2 rings (SSSR count). The van der Waals surface area contributed by atoms with Gasteiger partial charge in [0, 0.05) is 5.92 Å². The van der Waals surface area contributed by atoms with Gasteiger partial charge in [0.15, 0.2) is 0 Å². The molecule has 0 saturated heterocycles. The van der Waals surface area contributed by atoms with E-state index in [9.17, 15) is 13.2 Å². The molecule has 6 heteroatoms. The highest BCUT2D eigenvalue weighted by atomic mass is 32.2. The predicted octanol–water partition coefficient (Wildman–Crippen LogP) is 0.278. The normalized spacial score (nSPS) is 32.7. The van der Waals surface area contributed by atoms with Crippen molar-refractivity contribution < 1.29 is 13.2 Å². The first-order valence-electron chi connectivity index (χ1n) is 5.91. The van der Waals surface area contributed by atoms with E-state index in [2.05, 4.69) is 4.72 Å². The quantitative estimate of drug-likeness (QED) is 0.693. The summed E-state index contributed by atoms with van der Waals surface area (Å²) in [5.41, 5.74) is 4.85. The summed E-state index contributed by atoms with van der Waals surface area (Å²) in [5.74, 6) is -0.591. The third-order valence-corrected chi connectivity index (χ3v) is 5.10. The van der Waals surface area contributed by atoms with Crippen LogP contribution >= 0.6 is 0 Å². The van der Waals surface area contributed by atoms with E-state index in [-0.39, 0.29) is 5.92 Å². The highest BCUT2D eigenvalue weighted by Gasteiger charge is 2.57. The summed E-state index contributed by atoms with van der Waals surface area (Å²) in [6.07, 6.45) is 6.52. The number of allylic oxidation sites excluding steroid dienone is 1. The van der Waals surface area contributed by atoms with E-state index in [4.69, 9.17) is 5.73 Å². The maximum atomic E-state index is 11.8. The van der Waals surface area contributed by atoms with E-state index in [1.54, 1.807) is 0 Å². The first-order chi connectivity index (χ1) is 7.90. The molecule has 1 amide bonds. The van der Waals surface area contributed by atoms with Gasteiger partial charge in [-0.1, -0.05) is 19.1 Å². The van der Waals surface area contributed by atoms with Crippen molar-refractivity contribution in [1.82, 2.24) is 4.72 Å². The molecule has 2 aliphatic rings. The molecule has 0 heterocycles. The van der Waals surface area contributed by atoms with Crippen molar-refractivity contribution >= 4 is 15.9 Å². The van der Waals surface area contributed by atoms with Crippen molar-refractivity contribution in [2.75, 3.05) is 0 Å². The number of carbonyl (C=O) groups is 1.